The van der Waals surface area contributed by atoms with Crippen molar-refractivity contribution in [2.45, 2.75) is 26.7 Å². The zero-order valence-corrected chi connectivity index (χ0v) is 17.7. The molecule has 1 N–H and O–H groups in total. The second-order valence-electron chi connectivity index (χ2n) is 7.16. The zero-order valence-electron chi connectivity index (χ0n) is 16.9. The minimum absolute atomic E-state index is 0.188. The normalized spacial score (nSPS) is 14.5. The number of likely N-dealkylation sites (tertiary alicyclic amines) is 1. The van der Waals surface area contributed by atoms with E-state index >= 15 is 0 Å². The summed E-state index contributed by atoms with van der Waals surface area (Å²) in [7, 11) is 1.29. The Hall–Kier alpha value is -2.81. The molecule has 0 bridgehead atoms. The highest BCUT2D eigenvalue weighted by atomic mass is 32.1. The number of methoxy groups -OCH3 is 1. The number of carbonyl (C=O) groups is 3. The number of nitrogens with zero attached hydrogens (tertiary/aromatic N) is 1. The van der Waals surface area contributed by atoms with E-state index in [2.05, 4.69) is 5.32 Å². The van der Waals surface area contributed by atoms with Gasteiger partial charge in [0.25, 0.3) is 5.91 Å². The Balaban J connectivity index is 1.64. The molecule has 1 fully saturated rings. The van der Waals surface area contributed by atoms with Gasteiger partial charge in [-0.1, -0.05) is 0 Å². The maximum absolute atomic E-state index is 13.9. The highest BCUT2D eigenvalue weighted by Crippen LogP contribution is 2.34. The van der Waals surface area contributed by atoms with Gasteiger partial charge in [-0.05, 0) is 44.4 Å². The number of esters is 1. The molecule has 160 valence electrons. The molecule has 0 saturated carbocycles. The van der Waals surface area contributed by atoms with Gasteiger partial charge < -0.3 is 15.0 Å². The summed E-state index contributed by atoms with van der Waals surface area (Å²) < 4.78 is 31.8. The van der Waals surface area contributed by atoms with Gasteiger partial charge in [0.15, 0.2) is 0 Å². The number of rotatable bonds is 4. The van der Waals surface area contributed by atoms with Gasteiger partial charge >= 0.3 is 5.97 Å². The summed E-state index contributed by atoms with van der Waals surface area (Å²) in [5.41, 5.74) is 0.934. The lowest BCUT2D eigenvalue weighted by Crippen LogP contribution is -2.41. The molecule has 2 amide bonds. The third kappa shape index (κ3) is 4.35. The van der Waals surface area contributed by atoms with Crippen molar-refractivity contribution in [3.05, 3.63) is 51.4 Å². The van der Waals surface area contributed by atoms with E-state index in [0.717, 1.165) is 22.6 Å². The lowest BCUT2D eigenvalue weighted by Gasteiger charge is -2.31. The Morgan fingerprint density at radius 1 is 1.17 bits per heavy atom. The predicted octanol–water partition coefficient (Wildman–Crippen LogP) is 3.92. The summed E-state index contributed by atoms with van der Waals surface area (Å²) in [6, 6.07) is 2.85. The number of hydrogen-bond donors (Lipinski definition) is 1. The van der Waals surface area contributed by atoms with Gasteiger partial charge in [-0.25, -0.2) is 13.6 Å². The largest absolute Gasteiger partial charge is 0.465 e. The van der Waals surface area contributed by atoms with Crippen molar-refractivity contribution in [1.29, 1.82) is 0 Å². The van der Waals surface area contributed by atoms with E-state index in [9.17, 15) is 23.2 Å². The average Bonchev–Trinajstić information content (AvgIpc) is 3.00. The third-order valence-corrected chi connectivity index (χ3v) is 6.45. The van der Waals surface area contributed by atoms with Crippen molar-refractivity contribution in [3.63, 3.8) is 0 Å². The van der Waals surface area contributed by atoms with Gasteiger partial charge in [-0.15, -0.1) is 11.3 Å². The third-order valence-electron chi connectivity index (χ3n) is 5.33. The molecular weight excluding hydrogens is 414 g/mol. The molecule has 1 aromatic carbocycles. The number of halogens is 2. The Morgan fingerprint density at radius 3 is 2.43 bits per heavy atom. The number of aryl methyl sites for hydroxylation is 1. The maximum atomic E-state index is 13.9. The Bertz CT molecular complexity index is 997. The molecule has 1 aromatic heterocycles. The second kappa shape index (κ2) is 8.91. The standard InChI is InChI=1S/C21H22F2N2O4S/c1-11-12(2)30-19(17(11)21(28)29-3)24-18(26)13-6-8-25(9-7-13)20(27)15-5-4-14(22)10-16(15)23/h4-5,10,13H,6-9H2,1-3H3,(H,24,26). The molecule has 1 aliphatic rings. The first-order valence-electron chi connectivity index (χ1n) is 9.46. The van der Waals surface area contributed by atoms with Crippen LogP contribution in [0.2, 0.25) is 0 Å². The number of nitrogens with one attached hydrogen (secondary N) is 1. The zero-order chi connectivity index (χ0) is 22.0. The molecule has 0 spiro atoms. The predicted molar refractivity (Wildman–Crippen MR) is 109 cm³/mol. The fraction of sp³-hybridized carbons (Fsp3) is 0.381. The van der Waals surface area contributed by atoms with Crippen LogP contribution >= 0.6 is 11.3 Å². The van der Waals surface area contributed by atoms with Crippen molar-refractivity contribution >= 4 is 34.1 Å². The van der Waals surface area contributed by atoms with Crippen LogP contribution in [-0.4, -0.2) is 42.9 Å². The average molecular weight is 436 g/mol. The number of anilines is 1. The summed E-state index contributed by atoms with van der Waals surface area (Å²) in [5.74, 6) is -3.26. The molecule has 0 aliphatic carbocycles. The van der Waals surface area contributed by atoms with Crippen LogP contribution in [-0.2, 0) is 9.53 Å². The lowest BCUT2D eigenvalue weighted by atomic mass is 9.95. The summed E-state index contributed by atoms with van der Waals surface area (Å²) in [5, 5.41) is 3.27. The van der Waals surface area contributed by atoms with E-state index in [1.807, 2.05) is 6.92 Å². The van der Waals surface area contributed by atoms with Crippen LogP contribution in [0.25, 0.3) is 0 Å². The molecule has 0 radical (unpaired) electrons. The van der Waals surface area contributed by atoms with E-state index < -0.39 is 23.5 Å². The summed E-state index contributed by atoms with van der Waals surface area (Å²) in [6.07, 6.45) is 0.800. The molecule has 0 atom stereocenters. The van der Waals surface area contributed by atoms with Crippen molar-refractivity contribution in [1.82, 2.24) is 4.90 Å². The van der Waals surface area contributed by atoms with Crippen LogP contribution in [0.3, 0.4) is 0 Å². The van der Waals surface area contributed by atoms with Crippen LogP contribution in [0.5, 0.6) is 0 Å². The fourth-order valence-electron chi connectivity index (χ4n) is 3.45. The molecule has 30 heavy (non-hydrogen) atoms. The molecule has 3 rings (SSSR count). The van der Waals surface area contributed by atoms with Crippen molar-refractivity contribution in [2.75, 3.05) is 25.5 Å². The molecule has 2 heterocycles. The smallest absolute Gasteiger partial charge is 0.341 e. The van der Waals surface area contributed by atoms with Crippen LogP contribution in [0.15, 0.2) is 18.2 Å². The highest BCUT2D eigenvalue weighted by molar-refractivity contribution is 7.16. The minimum Gasteiger partial charge on any atom is -0.465 e. The molecule has 2 aromatic rings. The molecule has 1 aliphatic heterocycles. The Kier molecular flexibility index (Phi) is 6.50. The van der Waals surface area contributed by atoms with E-state index in [4.69, 9.17) is 4.74 Å². The van der Waals surface area contributed by atoms with E-state index in [1.165, 1.54) is 23.3 Å². The Labute approximate surface area is 176 Å². The fourth-order valence-corrected chi connectivity index (χ4v) is 4.51. The van der Waals surface area contributed by atoms with Crippen LogP contribution in [0.1, 0.15) is 44.0 Å². The van der Waals surface area contributed by atoms with Gasteiger partial charge in [0.1, 0.15) is 16.6 Å². The minimum atomic E-state index is -0.904. The molecule has 1 saturated heterocycles. The van der Waals surface area contributed by atoms with Crippen molar-refractivity contribution in [2.24, 2.45) is 5.92 Å². The van der Waals surface area contributed by atoms with Gasteiger partial charge in [0.05, 0.1) is 18.2 Å². The molecule has 9 heteroatoms. The van der Waals surface area contributed by atoms with Gasteiger partial charge in [-0.2, -0.15) is 0 Å². The van der Waals surface area contributed by atoms with Crippen molar-refractivity contribution in [3.8, 4) is 0 Å². The number of benzene rings is 1. The Morgan fingerprint density at radius 2 is 1.83 bits per heavy atom. The van der Waals surface area contributed by atoms with Crippen LogP contribution < -0.4 is 5.32 Å². The number of thiophene rings is 1. The number of ether oxygens (including phenoxy) is 1. The molecular formula is C21H22F2N2O4S. The van der Waals surface area contributed by atoms with Gasteiger partial charge in [0.2, 0.25) is 5.91 Å². The topological polar surface area (TPSA) is 75.7 Å². The molecule has 6 nitrogen and oxygen atoms in total. The van der Waals surface area contributed by atoms with E-state index in [0.29, 0.717) is 29.5 Å². The second-order valence-corrected chi connectivity index (χ2v) is 8.38. The van der Waals surface area contributed by atoms with E-state index in [-0.39, 0.29) is 30.5 Å². The van der Waals surface area contributed by atoms with Crippen molar-refractivity contribution < 1.29 is 27.9 Å². The summed E-state index contributed by atoms with van der Waals surface area (Å²) in [6.45, 7) is 4.22. The summed E-state index contributed by atoms with van der Waals surface area (Å²) in [4.78, 5) is 39.7. The van der Waals surface area contributed by atoms with Gasteiger partial charge in [0, 0.05) is 30.0 Å². The number of hydrogen-bond acceptors (Lipinski definition) is 5. The summed E-state index contributed by atoms with van der Waals surface area (Å²) >= 11 is 1.31. The van der Waals surface area contributed by atoms with E-state index in [1.54, 1.807) is 6.92 Å². The van der Waals surface area contributed by atoms with Gasteiger partial charge in [-0.3, -0.25) is 9.59 Å². The first-order chi connectivity index (χ1) is 14.2. The van der Waals surface area contributed by atoms with Crippen LogP contribution in [0.4, 0.5) is 13.8 Å². The number of carbonyl (C=O) groups excluding carboxylic acids is 3. The lowest BCUT2D eigenvalue weighted by molar-refractivity contribution is -0.121. The quantitative estimate of drug-likeness (QED) is 0.737. The molecule has 0 unspecified atom stereocenters. The number of amides is 2. The first kappa shape index (κ1) is 21.9. The van der Waals surface area contributed by atoms with Crippen LogP contribution in [0, 0.1) is 31.4 Å². The SMILES string of the molecule is COC(=O)c1c(NC(=O)C2CCN(C(=O)c3ccc(F)cc3F)CC2)sc(C)c1C. The number of piperidine rings is 1. The maximum Gasteiger partial charge on any atom is 0.341 e. The highest BCUT2D eigenvalue weighted by Gasteiger charge is 2.30. The first-order valence-corrected chi connectivity index (χ1v) is 10.3. The monoisotopic (exact) mass is 436 g/mol.